The number of aryl methyl sites for hydroxylation is 1. The van der Waals surface area contributed by atoms with Crippen LogP contribution >= 0.6 is 11.8 Å². The lowest BCUT2D eigenvalue weighted by atomic mass is 9.94. The molecule has 1 aliphatic rings. The molecular weight excluding hydrogens is 434 g/mol. The van der Waals surface area contributed by atoms with Crippen molar-refractivity contribution in [2.45, 2.75) is 51.7 Å². The van der Waals surface area contributed by atoms with Gasteiger partial charge < -0.3 is 15.7 Å². The van der Waals surface area contributed by atoms with Crippen LogP contribution in [0.15, 0.2) is 58.9 Å². The van der Waals surface area contributed by atoms with Crippen molar-refractivity contribution in [2.75, 3.05) is 16.4 Å². The van der Waals surface area contributed by atoms with E-state index in [1.54, 1.807) is 34.6 Å². The summed E-state index contributed by atoms with van der Waals surface area (Å²) in [6.07, 6.45) is 2.19. The second-order valence-electron chi connectivity index (χ2n) is 8.23. The van der Waals surface area contributed by atoms with E-state index in [9.17, 15) is 9.90 Å². The van der Waals surface area contributed by atoms with Gasteiger partial charge in [-0.05, 0) is 62.1 Å². The highest BCUT2D eigenvalue weighted by Crippen LogP contribution is 2.37. The molecule has 1 amide bonds. The number of nitrogens with one attached hydrogen (secondary N) is 2. The lowest BCUT2D eigenvalue weighted by molar-refractivity contribution is -0.113. The van der Waals surface area contributed by atoms with E-state index in [2.05, 4.69) is 22.5 Å². The average molecular weight is 464 g/mol. The van der Waals surface area contributed by atoms with Gasteiger partial charge in [0.15, 0.2) is 0 Å². The normalized spacial score (nSPS) is 15.2. The minimum absolute atomic E-state index is 0.136. The number of fused-ring (bicyclic) bond motifs is 1. The largest absolute Gasteiger partial charge is 0.508 e. The summed E-state index contributed by atoms with van der Waals surface area (Å²) in [5.41, 5.74) is 4.91. The van der Waals surface area contributed by atoms with Crippen molar-refractivity contribution in [3.63, 3.8) is 0 Å². The van der Waals surface area contributed by atoms with Crippen molar-refractivity contribution in [1.82, 2.24) is 14.8 Å². The van der Waals surface area contributed by atoms with Gasteiger partial charge in [0.1, 0.15) is 11.8 Å². The predicted molar refractivity (Wildman–Crippen MR) is 133 cm³/mol. The molecule has 1 unspecified atom stereocenters. The van der Waals surface area contributed by atoms with E-state index >= 15 is 0 Å². The Morgan fingerprint density at radius 1 is 1.21 bits per heavy atom. The van der Waals surface area contributed by atoms with Gasteiger partial charge in [0.05, 0.1) is 5.57 Å². The molecule has 1 aliphatic heterocycles. The maximum absolute atomic E-state index is 13.6. The molecule has 0 saturated heterocycles. The van der Waals surface area contributed by atoms with Gasteiger partial charge in [0.25, 0.3) is 5.91 Å². The molecule has 2 aromatic carbocycles. The smallest absolute Gasteiger partial charge is 0.255 e. The Balaban J connectivity index is 1.74. The maximum atomic E-state index is 13.6. The van der Waals surface area contributed by atoms with E-state index in [4.69, 9.17) is 5.10 Å². The van der Waals surface area contributed by atoms with Crippen LogP contribution in [-0.2, 0) is 4.79 Å². The van der Waals surface area contributed by atoms with Crippen molar-refractivity contribution in [2.24, 2.45) is 0 Å². The predicted octanol–water partition coefficient (Wildman–Crippen LogP) is 5.42. The monoisotopic (exact) mass is 463 g/mol. The summed E-state index contributed by atoms with van der Waals surface area (Å²) in [6.45, 7) is 8.04. The van der Waals surface area contributed by atoms with Crippen molar-refractivity contribution in [3.8, 4) is 5.75 Å². The number of aromatic nitrogens is 3. The molecule has 33 heavy (non-hydrogen) atoms. The van der Waals surface area contributed by atoms with Crippen molar-refractivity contribution in [3.05, 3.63) is 70.4 Å². The number of carbonyl (C=O) groups excluding carboxylic acids is 1. The molecule has 4 rings (SSSR count). The van der Waals surface area contributed by atoms with E-state index in [0.29, 0.717) is 22.4 Å². The first-order valence-electron chi connectivity index (χ1n) is 11.1. The fraction of sp³-hybridized carbons (Fsp3) is 0.320. The Labute approximate surface area is 198 Å². The van der Waals surface area contributed by atoms with Gasteiger partial charge in [-0.3, -0.25) is 4.79 Å². The number of amides is 1. The van der Waals surface area contributed by atoms with Crippen molar-refractivity contribution >= 4 is 29.3 Å². The fourth-order valence-electron chi connectivity index (χ4n) is 3.87. The zero-order valence-corrected chi connectivity index (χ0v) is 20.2. The van der Waals surface area contributed by atoms with E-state index in [1.807, 2.05) is 45.0 Å². The number of phenols is 1. The highest BCUT2D eigenvalue weighted by atomic mass is 32.2. The Morgan fingerprint density at radius 3 is 2.76 bits per heavy atom. The third kappa shape index (κ3) is 4.75. The number of hydrogen-bond acceptors (Lipinski definition) is 6. The number of nitrogens with zero attached hydrogens (tertiary/aromatic N) is 3. The summed E-state index contributed by atoms with van der Waals surface area (Å²) < 4.78 is 1.74. The Kier molecular flexibility index (Phi) is 6.74. The van der Waals surface area contributed by atoms with E-state index in [0.717, 1.165) is 41.0 Å². The number of thioether (sulfide) groups is 1. The molecule has 0 spiro atoms. The second kappa shape index (κ2) is 9.70. The highest BCUT2D eigenvalue weighted by molar-refractivity contribution is 7.99. The lowest BCUT2D eigenvalue weighted by Crippen LogP contribution is -2.31. The zero-order chi connectivity index (χ0) is 23.5. The minimum Gasteiger partial charge on any atom is -0.508 e. The van der Waals surface area contributed by atoms with Gasteiger partial charge in [-0.25, -0.2) is 4.68 Å². The number of unbranched alkanes of at least 4 members (excludes halogenated alkanes) is 1. The number of hydrogen-bond donors (Lipinski definition) is 3. The fourth-order valence-corrected chi connectivity index (χ4v) is 4.79. The van der Waals surface area contributed by atoms with Crippen LogP contribution in [0.1, 0.15) is 49.4 Å². The first kappa shape index (κ1) is 22.9. The molecular formula is C25H29N5O2S. The molecule has 8 heteroatoms. The molecule has 0 fully saturated rings. The van der Waals surface area contributed by atoms with Crippen molar-refractivity contribution < 1.29 is 9.90 Å². The first-order chi connectivity index (χ1) is 15.9. The summed E-state index contributed by atoms with van der Waals surface area (Å²) in [4.78, 5) is 18.2. The SMILES string of the molecule is CCCCSc1nc2n(n1)C(c1cccc(O)c1)C(C(=O)Nc1cccc(C)c1C)=C(C)N2. The molecule has 0 aliphatic carbocycles. The number of phenolic OH excluding ortho intramolecular Hbond substituents is 1. The molecule has 172 valence electrons. The standard InChI is InChI=1S/C25H29N5O2S/c1-5-6-13-33-25-28-24-26-17(4)21(23(32)27-20-12-7-9-15(2)16(20)3)22(30(24)29-25)18-10-8-11-19(31)14-18/h7-12,14,22,31H,5-6,13H2,1-4H3,(H,27,32)(H,26,28,29). The van der Waals surface area contributed by atoms with E-state index in [-0.39, 0.29) is 11.7 Å². The van der Waals surface area contributed by atoms with Crippen LogP contribution in [-0.4, -0.2) is 31.5 Å². The topological polar surface area (TPSA) is 92.1 Å². The number of anilines is 2. The summed E-state index contributed by atoms with van der Waals surface area (Å²) in [5.74, 6) is 1.44. The van der Waals surface area contributed by atoms with Crippen LogP contribution in [0.2, 0.25) is 0 Å². The molecule has 0 bridgehead atoms. The number of allylic oxidation sites excluding steroid dienone is 1. The summed E-state index contributed by atoms with van der Waals surface area (Å²) in [7, 11) is 0. The molecule has 7 nitrogen and oxygen atoms in total. The number of benzene rings is 2. The van der Waals surface area contributed by atoms with Crippen LogP contribution in [0, 0.1) is 13.8 Å². The Hall–Kier alpha value is -3.26. The van der Waals surface area contributed by atoms with Gasteiger partial charge in [-0.15, -0.1) is 5.10 Å². The van der Waals surface area contributed by atoms with Gasteiger partial charge in [0.2, 0.25) is 11.1 Å². The van der Waals surface area contributed by atoms with Crippen LogP contribution in [0.5, 0.6) is 5.75 Å². The van der Waals surface area contributed by atoms with Crippen LogP contribution in [0.4, 0.5) is 11.6 Å². The minimum atomic E-state index is -0.522. The summed E-state index contributed by atoms with van der Waals surface area (Å²) in [6, 6.07) is 12.3. The molecule has 1 aromatic heterocycles. The Bertz CT molecular complexity index is 1220. The molecule has 2 heterocycles. The molecule has 3 N–H and O–H groups in total. The number of aromatic hydroxyl groups is 1. The molecule has 0 radical (unpaired) electrons. The lowest BCUT2D eigenvalue weighted by Gasteiger charge is -2.29. The summed E-state index contributed by atoms with van der Waals surface area (Å²) in [5, 5.41) is 21.9. The maximum Gasteiger partial charge on any atom is 0.255 e. The highest BCUT2D eigenvalue weighted by Gasteiger charge is 2.34. The third-order valence-corrected chi connectivity index (χ3v) is 6.77. The average Bonchev–Trinajstić information content (AvgIpc) is 3.18. The van der Waals surface area contributed by atoms with Gasteiger partial charge in [0, 0.05) is 17.1 Å². The second-order valence-corrected chi connectivity index (χ2v) is 9.29. The molecule has 3 aromatic rings. The van der Waals surface area contributed by atoms with Gasteiger partial charge in [-0.1, -0.05) is 49.4 Å². The van der Waals surface area contributed by atoms with Crippen LogP contribution < -0.4 is 10.6 Å². The van der Waals surface area contributed by atoms with Gasteiger partial charge in [-0.2, -0.15) is 4.98 Å². The number of rotatable bonds is 7. The van der Waals surface area contributed by atoms with Crippen LogP contribution in [0.3, 0.4) is 0 Å². The summed E-state index contributed by atoms with van der Waals surface area (Å²) >= 11 is 1.60. The van der Waals surface area contributed by atoms with E-state index < -0.39 is 6.04 Å². The zero-order valence-electron chi connectivity index (χ0n) is 19.3. The molecule has 1 atom stereocenters. The van der Waals surface area contributed by atoms with Crippen molar-refractivity contribution in [1.29, 1.82) is 0 Å². The molecule has 0 saturated carbocycles. The Morgan fingerprint density at radius 2 is 2.00 bits per heavy atom. The van der Waals surface area contributed by atoms with Gasteiger partial charge >= 0.3 is 0 Å². The number of carbonyl (C=O) groups is 1. The van der Waals surface area contributed by atoms with E-state index in [1.165, 1.54) is 0 Å². The first-order valence-corrected chi connectivity index (χ1v) is 12.1. The quantitative estimate of drug-likeness (QED) is 0.320. The third-order valence-electron chi connectivity index (χ3n) is 5.85. The van der Waals surface area contributed by atoms with Crippen LogP contribution in [0.25, 0.3) is 0 Å².